The van der Waals surface area contributed by atoms with Gasteiger partial charge in [0.05, 0.1) is 24.8 Å². The summed E-state index contributed by atoms with van der Waals surface area (Å²) in [5.74, 6) is -1.28. The van der Waals surface area contributed by atoms with Crippen LogP contribution in [-0.2, 0) is 17.9 Å². The summed E-state index contributed by atoms with van der Waals surface area (Å²) in [6.07, 6.45) is 2.00. The monoisotopic (exact) mass is 466 g/mol. The number of benzene rings is 2. The Morgan fingerprint density at radius 3 is 2.38 bits per heavy atom. The van der Waals surface area contributed by atoms with Crippen molar-refractivity contribution in [1.29, 1.82) is 0 Å². The molecule has 0 aliphatic carbocycles. The second-order valence-electron chi connectivity index (χ2n) is 8.27. The van der Waals surface area contributed by atoms with Crippen LogP contribution in [0.25, 0.3) is 0 Å². The van der Waals surface area contributed by atoms with Crippen LogP contribution in [-0.4, -0.2) is 31.8 Å². The molecule has 1 atom stereocenters. The summed E-state index contributed by atoms with van der Waals surface area (Å²) in [5, 5.41) is 9.23. The van der Waals surface area contributed by atoms with Crippen LogP contribution in [0, 0.1) is 12.8 Å². The van der Waals surface area contributed by atoms with Gasteiger partial charge in [0.1, 0.15) is 5.75 Å². The number of nitrogens with one attached hydrogen (secondary N) is 1. The van der Waals surface area contributed by atoms with Crippen molar-refractivity contribution in [2.75, 3.05) is 6.61 Å². The van der Waals surface area contributed by atoms with Gasteiger partial charge in [0.25, 0.3) is 0 Å². The van der Waals surface area contributed by atoms with E-state index in [1.54, 1.807) is 24.3 Å². The van der Waals surface area contributed by atoms with Crippen molar-refractivity contribution in [3.63, 3.8) is 0 Å². The largest absolute Gasteiger partial charge is 0.494 e. The Morgan fingerprint density at radius 2 is 1.76 bits per heavy atom. The Kier molecular flexibility index (Phi) is 8.24. The summed E-state index contributed by atoms with van der Waals surface area (Å²) in [4.78, 5) is 44.4. The lowest BCUT2D eigenvalue weighted by atomic mass is 10.1. The fourth-order valence-corrected chi connectivity index (χ4v) is 3.25. The predicted octanol–water partition coefficient (Wildman–Crippen LogP) is 2.83. The van der Waals surface area contributed by atoms with Gasteiger partial charge >= 0.3 is 17.3 Å². The third kappa shape index (κ3) is 6.34. The first-order chi connectivity index (χ1) is 16.3. The summed E-state index contributed by atoms with van der Waals surface area (Å²) in [7, 11) is 0. The minimum absolute atomic E-state index is 0.0782. The van der Waals surface area contributed by atoms with Gasteiger partial charge in [-0.05, 0) is 43.2 Å². The fourth-order valence-electron chi connectivity index (χ4n) is 3.25. The molecule has 3 aromatic rings. The third-order valence-electron chi connectivity index (χ3n) is 5.36. The van der Waals surface area contributed by atoms with Crippen molar-refractivity contribution < 1.29 is 14.6 Å². The molecular weight excluding hydrogens is 436 g/mol. The van der Waals surface area contributed by atoms with E-state index >= 15 is 0 Å². The number of unbranched alkanes of at least 4 members (excludes halogenated alkanes) is 1. The smallest absolute Gasteiger partial charge is 0.335 e. The molecular formula is C25H30N4O5. The maximum Gasteiger partial charge on any atom is 0.335 e. The Bertz CT molecular complexity index is 1300. The van der Waals surface area contributed by atoms with Gasteiger partial charge in [0, 0.05) is 6.54 Å². The highest BCUT2D eigenvalue weighted by atomic mass is 16.5. The van der Waals surface area contributed by atoms with Gasteiger partial charge in [-0.3, -0.25) is 14.3 Å². The number of hydrogen-bond acceptors (Lipinski definition) is 5. The van der Waals surface area contributed by atoms with E-state index in [1.165, 1.54) is 11.5 Å². The molecule has 0 bridgehead atoms. The van der Waals surface area contributed by atoms with Crippen molar-refractivity contribution >= 4 is 11.7 Å². The molecule has 0 spiro atoms. The molecule has 0 fully saturated rings. The molecule has 0 saturated heterocycles. The molecule has 2 aromatic carbocycles. The van der Waals surface area contributed by atoms with E-state index in [9.17, 15) is 19.5 Å². The molecule has 3 rings (SSSR count). The van der Waals surface area contributed by atoms with Crippen molar-refractivity contribution in [3.05, 3.63) is 86.2 Å². The number of aromatic nitrogens is 3. The molecule has 1 heterocycles. The Labute approximate surface area is 197 Å². The maximum atomic E-state index is 13.3. The van der Waals surface area contributed by atoms with Crippen molar-refractivity contribution in [2.24, 2.45) is 10.9 Å². The third-order valence-corrected chi connectivity index (χ3v) is 5.36. The summed E-state index contributed by atoms with van der Waals surface area (Å²) in [5.41, 5.74) is 1.19. The summed E-state index contributed by atoms with van der Waals surface area (Å²) in [6.45, 7) is 6.04. The lowest BCUT2D eigenvalue weighted by Gasteiger charge is -2.13. The van der Waals surface area contributed by atoms with E-state index in [4.69, 9.17) is 4.74 Å². The van der Waals surface area contributed by atoms with Crippen LogP contribution in [0.5, 0.6) is 5.75 Å². The molecule has 0 saturated carbocycles. The van der Waals surface area contributed by atoms with Gasteiger partial charge in [-0.15, -0.1) is 0 Å². The van der Waals surface area contributed by atoms with E-state index < -0.39 is 23.3 Å². The number of nitrogens with zero attached hydrogens (tertiary/aromatic N) is 3. The van der Waals surface area contributed by atoms with Crippen LogP contribution in [0.2, 0.25) is 0 Å². The standard InChI is InChI=1S/C25H30N4O5/c1-4-5-14-34-21-12-10-20(11-13-21)26-23-27-24(32)29(15-18(3)22(30)31)25(33)28(23)16-19-8-6-17(2)7-9-19/h6-13,18H,4-5,14-16H2,1-3H3,(H,30,31)(H,26,27,32). The normalized spacial score (nSPS) is 12.5. The zero-order chi connectivity index (χ0) is 24.7. The number of carboxylic acids is 1. The number of aromatic amines is 1. The number of rotatable bonds is 10. The molecule has 9 nitrogen and oxygen atoms in total. The second kappa shape index (κ2) is 11.3. The summed E-state index contributed by atoms with van der Waals surface area (Å²) >= 11 is 0. The molecule has 0 aliphatic heterocycles. The van der Waals surface area contributed by atoms with Crippen LogP contribution in [0.1, 0.15) is 37.8 Å². The van der Waals surface area contributed by atoms with Gasteiger partial charge in [-0.1, -0.05) is 50.1 Å². The molecule has 180 valence electrons. The highest BCUT2D eigenvalue weighted by Crippen LogP contribution is 2.17. The SMILES string of the molecule is CCCCOc1ccc(/N=c2\[nH]c(=O)n(CC(C)C(=O)O)c(=O)n2Cc2ccc(C)cc2)cc1. The van der Waals surface area contributed by atoms with E-state index in [1.807, 2.05) is 31.2 Å². The van der Waals surface area contributed by atoms with E-state index in [0.29, 0.717) is 18.0 Å². The highest BCUT2D eigenvalue weighted by molar-refractivity contribution is 5.69. The zero-order valence-electron chi connectivity index (χ0n) is 19.7. The van der Waals surface area contributed by atoms with Gasteiger partial charge < -0.3 is 9.84 Å². The average molecular weight is 467 g/mol. The Hall–Kier alpha value is -3.88. The topological polar surface area (TPSA) is 119 Å². The number of aliphatic carboxylic acids is 1. The van der Waals surface area contributed by atoms with Crippen LogP contribution in [0.15, 0.2) is 63.1 Å². The van der Waals surface area contributed by atoms with Gasteiger partial charge in [0.15, 0.2) is 0 Å². The first-order valence-electron chi connectivity index (χ1n) is 11.3. The van der Waals surface area contributed by atoms with Crippen molar-refractivity contribution in [2.45, 2.75) is 46.7 Å². The average Bonchev–Trinajstić information content (AvgIpc) is 2.81. The van der Waals surface area contributed by atoms with E-state index in [-0.39, 0.29) is 18.7 Å². The molecule has 0 aliphatic rings. The Balaban J connectivity index is 2.06. The van der Waals surface area contributed by atoms with E-state index in [0.717, 1.165) is 28.5 Å². The summed E-state index contributed by atoms with van der Waals surface area (Å²) in [6, 6.07) is 14.7. The van der Waals surface area contributed by atoms with Gasteiger partial charge in [-0.25, -0.2) is 19.1 Å². The van der Waals surface area contributed by atoms with Crippen LogP contribution < -0.4 is 21.7 Å². The maximum absolute atomic E-state index is 13.3. The van der Waals surface area contributed by atoms with Gasteiger partial charge in [-0.2, -0.15) is 0 Å². The Morgan fingerprint density at radius 1 is 1.09 bits per heavy atom. The summed E-state index contributed by atoms with van der Waals surface area (Å²) < 4.78 is 7.91. The molecule has 0 radical (unpaired) electrons. The van der Waals surface area contributed by atoms with Gasteiger partial charge in [0.2, 0.25) is 5.62 Å². The number of carboxylic acid groups (broad SMARTS) is 1. The van der Waals surface area contributed by atoms with Crippen LogP contribution >= 0.6 is 0 Å². The first kappa shape index (κ1) is 24.8. The minimum atomic E-state index is -1.09. The van der Waals surface area contributed by atoms with Crippen LogP contribution in [0.4, 0.5) is 5.69 Å². The molecule has 2 N–H and O–H groups in total. The zero-order valence-corrected chi connectivity index (χ0v) is 19.7. The highest BCUT2D eigenvalue weighted by Gasteiger charge is 2.17. The van der Waals surface area contributed by atoms with E-state index in [2.05, 4.69) is 16.9 Å². The quantitative estimate of drug-likeness (QED) is 0.446. The van der Waals surface area contributed by atoms with Crippen molar-refractivity contribution in [1.82, 2.24) is 14.1 Å². The minimum Gasteiger partial charge on any atom is -0.494 e. The molecule has 1 unspecified atom stereocenters. The van der Waals surface area contributed by atoms with Crippen molar-refractivity contribution in [3.8, 4) is 5.75 Å². The fraction of sp³-hybridized carbons (Fsp3) is 0.360. The molecule has 0 amide bonds. The number of carbonyl (C=O) groups is 1. The lowest BCUT2D eigenvalue weighted by Crippen LogP contribution is -2.51. The number of H-pyrrole nitrogens is 1. The number of aryl methyl sites for hydroxylation is 1. The number of hydrogen-bond donors (Lipinski definition) is 2. The molecule has 1 aromatic heterocycles. The molecule has 9 heteroatoms. The van der Waals surface area contributed by atoms with Crippen LogP contribution in [0.3, 0.4) is 0 Å². The first-order valence-corrected chi connectivity index (χ1v) is 11.3. The predicted molar refractivity (Wildman–Crippen MR) is 128 cm³/mol. The lowest BCUT2D eigenvalue weighted by molar-refractivity contribution is -0.141. The second-order valence-corrected chi connectivity index (χ2v) is 8.27. The number of ether oxygens (including phenoxy) is 1. The molecule has 34 heavy (non-hydrogen) atoms.